The van der Waals surface area contributed by atoms with Gasteiger partial charge in [0.05, 0.1) is 25.1 Å². The maximum Gasteiger partial charge on any atom is 0.317 e. The number of para-hydroxylation sites is 1. The molecule has 6 nitrogen and oxygen atoms in total. The normalized spacial score (nSPS) is 23.3. The lowest BCUT2D eigenvalue weighted by Crippen LogP contribution is -2.47. The molecule has 1 aromatic carbocycles. The summed E-state index contributed by atoms with van der Waals surface area (Å²) in [6.45, 7) is 1.98. The van der Waals surface area contributed by atoms with Crippen molar-refractivity contribution in [1.82, 2.24) is 10.2 Å². The molecule has 2 aliphatic heterocycles. The van der Waals surface area contributed by atoms with Crippen molar-refractivity contribution < 1.29 is 19.1 Å². The lowest BCUT2D eigenvalue weighted by Gasteiger charge is -2.34. The van der Waals surface area contributed by atoms with Crippen molar-refractivity contribution in [3.8, 4) is 5.75 Å². The van der Waals surface area contributed by atoms with Crippen molar-refractivity contribution in [2.45, 2.75) is 18.4 Å². The fraction of sp³-hybridized carbons (Fsp3) is 0.500. The Morgan fingerprint density at radius 3 is 3.09 bits per heavy atom. The highest BCUT2D eigenvalue weighted by atomic mass is 16.5. The Kier molecular flexibility index (Phi) is 4.02. The van der Waals surface area contributed by atoms with Gasteiger partial charge in [-0.2, -0.15) is 0 Å². The van der Waals surface area contributed by atoms with Gasteiger partial charge in [-0.1, -0.05) is 12.1 Å². The van der Waals surface area contributed by atoms with Gasteiger partial charge in [0.25, 0.3) is 0 Å². The van der Waals surface area contributed by atoms with Crippen LogP contribution >= 0.6 is 0 Å². The van der Waals surface area contributed by atoms with Crippen molar-refractivity contribution in [1.29, 1.82) is 0 Å². The number of benzene rings is 1. The predicted octanol–water partition coefficient (Wildman–Crippen LogP) is 1.45. The maximum atomic E-state index is 12.3. The van der Waals surface area contributed by atoms with Crippen molar-refractivity contribution in [2.75, 3.05) is 33.4 Å². The van der Waals surface area contributed by atoms with Gasteiger partial charge < -0.3 is 19.7 Å². The van der Waals surface area contributed by atoms with Crippen molar-refractivity contribution in [3.63, 3.8) is 0 Å². The first kappa shape index (κ1) is 14.8. The van der Waals surface area contributed by atoms with Crippen molar-refractivity contribution >= 4 is 11.8 Å². The molecule has 118 valence electrons. The summed E-state index contributed by atoms with van der Waals surface area (Å²) in [6.07, 6.45) is 0.997. The Balaban J connectivity index is 1.67. The lowest BCUT2D eigenvalue weighted by atomic mass is 9.89. The van der Waals surface area contributed by atoms with Crippen LogP contribution in [0.4, 0.5) is 4.79 Å². The first-order valence-electron chi connectivity index (χ1n) is 7.46. The molecule has 0 radical (unpaired) electrons. The second-order valence-corrected chi connectivity index (χ2v) is 5.78. The van der Waals surface area contributed by atoms with E-state index in [2.05, 4.69) is 5.32 Å². The predicted molar refractivity (Wildman–Crippen MR) is 80.2 cm³/mol. The number of ketones is 1. The largest absolute Gasteiger partial charge is 0.484 e. The van der Waals surface area contributed by atoms with Gasteiger partial charge in [0.1, 0.15) is 11.4 Å². The minimum absolute atomic E-state index is 0.0866. The SMILES string of the molecule is COCCNC(=O)N1CCC2(CC(=O)c3ccccc3O2)C1. The number of nitrogens with zero attached hydrogens (tertiary/aromatic N) is 1. The number of hydrogen-bond donors (Lipinski definition) is 1. The number of rotatable bonds is 3. The molecular weight excluding hydrogens is 284 g/mol. The molecule has 1 atom stereocenters. The summed E-state index contributed by atoms with van der Waals surface area (Å²) in [5.41, 5.74) is 0.0560. The van der Waals surface area contributed by atoms with E-state index in [1.807, 2.05) is 18.2 Å². The van der Waals surface area contributed by atoms with E-state index in [1.54, 1.807) is 18.1 Å². The van der Waals surface area contributed by atoms with Crippen LogP contribution in [0.15, 0.2) is 24.3 Å². The number of fused-ring (bicyclic) bond motifs is 1. The van der Waals surface area contributed by atoms with Crippen LogP contribution in [0.25, 0.3) is 0 Å². The standard InChI is InChI=1S/C16H20N2O4/c1-21-9-7-17-15(20)18-8-6-16(11-18)10-13(19)12-4-2-3-5-14(12)22-16/h2-5H,6-11H2,1H3,(H,17,20). The summed E-state index contributed by atoms with van der Waals surface area (Å²) < 4.78 is 11.0. The van der Waals surface area contributed by atoms with E-state index in [1.165, 1.54) is 0 Å². The minimum Gasteiger partial charge on any atom is -0.484 e. The number of urea groups is 1. The molecule has 3 rings (SSSR count). The molecule has 1 unspecified atom stereocenters. The van der Waals surface area contributed by atoms with Crippen molar-refractivity contribution in [2.24, 2.45) is 0 Å². The van der Waals surface area contributed by atoms with Crippen LogP contribution in [0.2, 0.25) is 0 Å². The molecule has 1 spiro atoms. The zero-order chi connectivity index (χ0) is 15.6. The van der Waals surface area contributed by atoms with Crippen molar-refractivity contribution in [3.05, 3.63) is 29.8 Å². The van der Waals surface area contributed by atoms with Gasteiger partial charge in [0.2, 0.25) is 0 Å². The van der Waals surface area contributed by atoms with E-state index in [9.17, 15) is 9.59 Å². The molecule has 0 aromatic heterocycles. The number of carbonyl (C=O) groups is 2. The second kappa shape index (κ2) is 5.96. The quantitative estimate of drug-likeness (QED) is 0.858. The smallest absolute Gasteiger partial charge is 0.317 e. The van der Waals surface area contributed by atoms with Gasteiger partial charge in [-0.05, 0) is 12.1 Å². The van der Waals surface area contributed by atoms with E-state index in [4.69, 9.17) is 9.47 Å². The Hall–Kier alpha value is -2.08. The Morgan fingerprint density at radius 1 is 1.45 bits per heavy atom. The zero-order valence-electron chi connectivity index (χ0n) is 12.6. The molecular formula is C16H20N2O4. The number of Topliss-reactive ketones (excluding diaryl/α,β-unsaturated/α-hetero) is 1. The van der Waals surface area contributed by atoms with Gasteiger partial charge in [-0.3, -0.25) is 4.79 Å². The number of amides is 2. The molecule has 1 N–H and O–H groups in total. The molecule has 0 saturated carbocycles. The molecule has 0 aliphatic carbocycles. The third-order valence-corrected chi connectivity index (χ3v) is 4.18. The number of hydrogen-bond acceptors (Lipinski definition) is 4. The zero-order valence-corrected chi connectivity index (χ0v) is 12.6. The number of ether oxygens (including phenoxy) is 2. The number of likely N-dealkylation sites (tertiary alicyclic amines) is 1. The highest BCUT2D eigenvalue weighted by molar-refractivity contribution is 6.00. The maximum absolute atomic E-state index is 12.3. The molecule has 0 bridgehead atoms. The summed E-state index contributed by atoms with van der Waals surface area (Å²) >= 11 is 0. The van der Waals surface area contributed by atoms with Crippen LogP contribution in [0.5, 0.6) is 5.75 Å². The minimum atomic E-state index is -0.579. The van der Waals surface area contributed by atoms with Crippen LogP contribution in [0.1, 0.15) is 23.2 Å². The number of nitrogens with one attached hydrogen (secondary N) is 1. The average molecular weight is 304 g/mol. The number of methoxy groups -OCH3 is 1. The van der Waals surface area contributed by atoms with Crippen LogP contribution in [-0.2, 0) is 4.74 Å². The molecule has 2 amide bonds. The monoisotopic (exact) mass is 304 g/mol. The summed E-state index contributed by atoms with van der Waals surface area (Å²) in [6, 6.07) is 7.16. The third kappa shape index (κ3) is 2.78. The topological polar surface area (TPSA) is 67.9 Å². The fourth-order valence-corrected chi connectivity index (χ4v) is 3.06. The molecule has 22 heavy (non-hydrogen) atoms. The van der Waals surface area contributed by atoms with E-state index in [0.717, 1.165) is 0 Å². The number of carbonyl (C=O) groups excluding carboxylic acids is 2. The van der Waals surface area contributed by atoms with E-state index < -0.39 is 5.60 Å². The van der Waals surface area contributed by atoms with Crippen LogP contribution in [0, 0.1) is 0 Å². The first-order valence-corrected chi connectivity index (χ1v) is 7.46. The van der Waals surface area contributed by atoms with Crippen LogP contribution in [-0.4, -0.2) is 55.7 Å². The Bertz CT molecular complexity index is 589. The van der Waals surface area contributed by atoms with Gasteiger partial charge in [-0.15, -0.1) is 0 Å². The first-order chi connectivity index (χ1) is 10.6. The molecule has 1 saturated heterocycles. The Labute approximate surface area is 129 Å². The summed E-state index contributed by atoms with van der Waals surface area (Å²) in [5, 5.41) is 2.80. The lowest BCUT2D eigenvalue weighted by molar-refractivity contribution is 0.0477. The van der Waals surface area contributed by atoms with Gasteiger partial charge in [0, 0.05) is 26.6 Å². The van der Waals surface area contributed by atoms with Gasteiger partial charge in [-0.25, -0.2) is 4.79 Å². The molecule has 1 fully saturated rings. The summed E-state index contributed by atoms with van der Waals surface area (Å²) in [5.74, 6) is 0.712. The Morgan fingerprint density at radius 2 is 2.27 bits per heavy atom. The molecule has 2 aliphatic rings. The second-order valence-electron chi connectivity index (χ2n) is 5.78. The highest BCUT2D eigenvalue weighted by Crippen LogP contribution is 2.38. The molecule has 1 aromatic rings. The summed E-state index contributed by atoms with van der Waals surface area (Å²) in [7, 11) is 1.59. The molecule has 2 heterocycles. The van der Waals surface area contributed by atoms with Gasteiger partial charge in [0.15, 0.2) is 5.78 Å². The average Bonchev–Trinajstić information content (AvgIpc) is 2.91. The van der Waals surface area contributed by atoms with E-state index in [0.29, 0.717) is 50.4 Å². The van der Waals surface area contributed by atoms with Crippen LogP contribution in [0.3, 0.4) is 0 Å². The third-order valence-electron chi connectivity index (χ3n) is 4.18. The molecule has 6 heteroatoms. The van der Waals surface area contributed by atoms with Crippen LogP contribution < -0.4 is 10.1 Å². The van der Waals surface area contributed by atoms with E-state index in [-0.39, 0.29) is 11.8 Å². The van der Waals surface area contributed by atoms with Gasteiger partial charge >= 0.3 is 6.03 Å². The fourth-order valence-electron chi connectivity index (χ4n) is 3.06. The highest BCUT2D eigenvalue weighted by Gasteiger charge is 2.46. The summed E-state index contributed by atoms with van der Waals surface area (Å²) in [4.78, 5) is 26.1. The van der Waals surface area contributed by atoms with E-state index >= 15 is 0 Å².